The molecule has 10 heteroatoms. The van der Waals surface area contributed by atoms with Gasteiger partial charge in [-0.15, -0.1) is 68.0 Å². The Morgan fingerprint density at radius 2 is 0.682 bits per heavy atom. The molecule has 10 rings (SSSR count). The van der Waals surface area contributed by atoms with Crippen LogP contribution in [0.1, 0.15) is 0 Å². The van der Waals surface area contributed by atoms with Crippen molar-refractivity contribution in [2.24, 2.45) is 0 Å². The van der Waals surface area contributed by atoms with Gasteiger partial charge >= 0.3 is 0 Å². The standard InChI is InChI=1S/C34H16N4S6/c1-3-7-23-19(5-1)35-31(41-23)25-9-11-27(39-25)33-37-21-13-17-16-30-22(14-18(17)15-29(21)43-33)38-34(44-30)28-12-10-26(40-28)32-36-20-6-2-4-8-24(20)42-32/h1-16H. The molecule has 0 spiro atoms. The molecule has 0 atom stereocenters. The summed E-state index contributed by atoms with van der Waals surface area (Å²) < 4.78 is 4.82. The van der Waals surface area contributed by atoms with E-state index in [-0.39, 0.29) is 0 Å². The summed E-state index contributed by atoms with van der Waals surface area (Å²) in [5.74, 6) is 0. The van der Waals surface area contributed by atoms with E-state index in [0.717, 1.165) is 42.1 Å². The normalized spacial score (nSPS) is 12.1. The minimum absolute atomic E-state index is 1.04. The van der Waals surface area contributed by atoms with E-state index in [9.17, 15) is 0 Å². The van der Waals surface area contributed by atoms with Gasteiger partial charge in [-0.1, -0.05) is 24.3 Å². The third-order valence-electron chi connectivity index (χ3n) is 7.50. The lowest BCUT2D eigenvalue weighted by atomic mass is 10.1. The van der Waals surface area contributed by atoms with Crippen LogP contribution in [-0.4, -0.2) is 19.9 Å². The van der Waals surface area contributed by atoms with Crippen molar-refractivity contribution in [2.75, 3.05) is 0 Å². The molecule has 0 amide bonds. The number of aromatic nitrogens is 4. The van der Waals surface area contributed by atoms with Gasteiger partial charge in [0.05, 0.1) is 60.4 Å². The molecule has 0 aliphatic carbocycles. The van der Waals surface area contributed by atoms with Crippen LogP contribution in [0.3, 0.4) is 0 Å². The van der Waals surface area contributed by atoms with E-state index in [2.05, 4.69) is 84.9 Å². The molecule has 0 saturated carbocycles. The second-order valence-electron chi connectivity index (χ2n) is 10.3. The molecular weight excluding hydrogens is 657 g/mol. The first-order chi connectivity index (χ1) is 21.7. The Kier molecular flexibility index (Phi) is 5.66. The summed E-state index contributed by atoms with van der Waals surface area (Å²) >= 11 is 10.5. The third-order valence-corrected chi connectivity index (χ3v) is 14.5. The van der Waals surface area contributed by atoms with E-state index in [1.807, 2.05) is 12.1 Å². The van der Waals surface area contributed by atoms with Gasteiger partial charge in [0, 0.05) is 0 Å². The Balaban J connectivity index is 0.980. The Bertz CT molecular complexity index is 2380. The summed E-state index contributed by atoms with van der Waals surface area (Å²) in [7, 11) is 0. The van der Waals surface area contributed by atoms with Gasteiger partial charge in [0.1, 0.15) is 20.0 Å². The Labute approximate surface area is 274 Å². The van der Waals surface area contributed by atoms with E-state index in [4.69, 9.17) is 19.9 Å². The molecule has 0 N–H and O–H groups in total. The molecule has 44 heavy (non-hydrogen) atoms. The fourth-order valence-electron chi connectivity index (χ4n) is 5.40. The van der Waals surface area contributed by atoms with Crippen LogP contribution in [-0.2, 0) is 0 Å². The van der Waals surface area contributed by atoms with Crippen molar-refractivity contribution in [2.45, 2.75) is 0 Å². The maximum absolute atomic E-state index is 5.06. The number of hydrogen-bond donors (Lipinski definition) is 0. The molecule has 0 bridgehead atoms. The van der Waals surface area contributed by atoms with Crippen LogP contribution in [0, 0.1) is 0 Å². The van der Waals surface area contributed by atoms with Gasteiger partial charge in [-0.05, 0) is 83.6 Å². The van der Waals surface area contributed by atoms with Crippen molar-refractivity contribution >= 4 is 120 Å². The summed E-state index contributed by atoms with van der Waals surface area (Å²) in [4.78, 5) is 24.5. The Morgan fingerprint density at radius 3 is 1.09 bits per heavy atom. The molecule has 0 fully saturated rings. The fourth-order valence-corrected chi connectivity index (χ4v) is 11.5. The average molecular weight is 673 g/mol. The number of rotatable bonds is 4. The number of thiazole rings is 4. The highest BCUT2D eigenvalue weighted by Crippen LogP contribution is 2.43. The maximum atomic E-state index is 5.06. The zero-order valence-corrected chi connectivity index (χ0v) is 27.4. The summed E-state index contributed by atoms with van der Waals surface area (Å²) in [6, 6.07) is 34.3. The van der Waals surface area contributed by atoms with Crippen molar-refractivity contribution in [3.8, 4) is 39.5 Å². The molecule has 0 saturated heterocycles. The Morgan fingerprint density at radius 1 is 0.318 bits per heavy atom. The molecule has 6 heterocycles. The van der Waals surface area contributed by atoms with Gasteiger partial charge in [0.25, 0.3) is 0 Å². The van der Waals surface area contributed by atoms with Gasteiger partial charge in [-0.25, -0.2) is 19.9 Å². The highest BCUT2D eigenvalue weighted by atomic mass is 32.1. The molecule has 0 radical (unpaired) electrons. The molecular formula is C34H16N4S6. The van der Waals surface area contributed by atoms with E-state index in [1.54, 1.807) is 68.0 Å². The molecule has 208 valence electrons. The van der Waals surface area contributed by atoms with Crippen LogP contribution in [0.15, 0.2) is 97.1 Å². The molecule has 4 nitrogen and oxygen atoms in total. The van der Waals surface area contributed by atoms with Crippen molar-refractivity contribution < 1.29 is 0 Å². The van der Waals surface area contributed by atoms with Crippen LogP contribution >= 0.6 is 68.0 Å². The number of hydrogen-bond acceptors (Lipinski definition) is 10. The molecule has 0 aliphatic rings. The quantitative estimate of drug-likeness (QED) is 0.187. The number of fused-ring (bicyclic) bond motifs is 5. The Hall–Kier alpha value is -3.90. The van der Waals surface area contributed by atoms with E-state index < -0.39 is 0 Å². The smallest absolute Gasteiger partial charge is 0.134 e. The van der Waals surface area contributed by atoms with Crippen LogP contribution in [0.2, 0.25) is 0 Å². The van der Waals surface area contributed by atoms with Crippen molar-refractivity contribution in [1.82, 2.24) is 19.9 Å². The van der Waals surface area contributed by atoms with Crippen LogP contribution in [0.4, 0.5) is 0 Å². The minimum atomic E-state index is 1.04. The van der Waals surface area contributed by atoms with Gasteiger partial charge in [-0.3, -0.25) is 0 Å². The predicted molar refractivity (Wildman–Crippen MR) is 194 cm³/mol. The van der Waals surface area contributed by atoms with Crippen molar-refractivity contribution in [3.63, 3.8) is 0 Å². The van der Waals surface area contributed by atoms with E-state index >= 15 is 0 Å². The van der Waals surface area contributed by atoms with E-state index in [1.165, 1.54) is 49.1 Å². The van der Waals surface area contributed by atoms with E-state index in [0.29, 0.717) is 0 Å². The van der Waals surface area contributed by atoms with Crippen molar-refractivity contribution in [1.29, 1.82) is 0 Å². The lowest BCUT2D eigenvalue weighted by Gasteiger charge is -1.97. The topological polar surface area (TPSA) is 51.6 Å². The summed E-state index contributed by atoms with van der Waals surface area (Å²) in [6.45, 7) is 0. The predicted octanol–water partition coefficient (Wildman–Crippen LogP) is 12.1. The number of thiophene rings is 2. The highest BCUT2D eigenvalue weighted by Gasteiger charge is 2.16. The summed E-state index contributed by atoms with van der Waals surface area (Å²) in [5.41, 5.74) is 4.19. The molecule has 0 unspecified atom stereocenters. The molecule has 10 aromatic rings. The largest absolute Gasteiger partial charge is 0.235 e. The summed E-state index contributed by atoms with van der Waals surface area (Å²) in [6.07, 6.45) is 0. The third kappa shape index (κ3) is 4.17. The first kappa shape index (κ1) is 25.4. The van der Waals surface area contributed by atoms with Gasteiger partial charge in [-0.2, -0.15) is 0 Å². The second kappa shape index (κ2) is 9.80. The second-order valence-corrected chi connectivity index (χ2v) is 16.6. The first-order valence-electron chi connectivity index (χ1n) is 13.8. The van der Waals surface area contributed by atoms with Gasteiger partial charge < -0.3 is 0 Å². The molecule has 6 aromatic heterocycles. The van der Waals surface area contributed by atoms with Crippen LogP contribution < -0.4 is 0 Å². The zero-order chi connectivity index (χ0) is 28.8. The minimum Gasteiger partial charge on any atom is -0.235 e. The monoisotopic (exact) mass is 672 g/mol. The summed E-state index contributed by atoms with van der Waals surface area (Å²) in [5, 5.41) is 6.63. The lowest BCUT2D eigenvalue weighted by Crippen LogP contribution is -1.76. The maximum Gasteiger partial charge on any atom is 0.134 e. The molecule has 0 aliphatic heterocycles. The fraction of sp³-hybridized carbons (Fsp3) is 0. The zero-order valence-electron chi connectivity index (χ0n) is 22.5. The SMILES string of the molecule is c1ccc2sc(-c3ccc(-c4nc5cc6cc7sc(-c8ccc(-c9nc%10ccccc%10s9)s8)nc7cc6cc5s4)s3)nc2c1. The highest BCUT2D eigenvalue weighted by molar-refractivity contribution is 7.30. The van der Waals surface area contributed by atoms with Crippen molar-refractivity contribution in [3.05, 3.63) is 97.1 Å². The van der Waals surface area contributed by atoms with Gasteiger partial charge in [0.2, 0.25) is 0 Å². The first-order valence-corrected chi connectivity index (χ1v) is 18.7. The van der Waals surface area contributed by atoms with Crippen LogP contribution in [0.5, 0.6) is 0 Å². The number of benzene rings is 4. The molecule has 4 aromatic carbocycles. The average Bonchev–Trinajstić information content (AvgIpc) is 3.88. The number of nitrogens with zero attached hydrogens (tertiary/aromatic N) is 4. The van der Waals surface area contributed by atoms with Crippen LogP contribution in [0.25, 0.3) is 91.2 Å². The van der Waals surface area contributed by atoms with Gasteiger partial charge in [0.15, 0.2) is 0 Å². The number of para-hydroxylation sites is 2. The lowest BCUT2D eigenvalue weighted by molar-refractivity contribution is 1.50.